The van der Waals surface area contributed by atoms with Crippen LogP contribution >= 0.6 is 0 Å². The third-order valence-electron chi connectivity index (χ3n) is 5.17. The van der Waals surface area contributed by atoms with Gasteiger partial charge in [-0.25, -0.2) is 21.8 Å². The Morgan fingerprint density at radius 3 is 2.18 bits per heavy atom. The minimum Gasteiger partial charge on any atom is -0.324 e. The maximum absolute atomic E-state index is 12.9. The first-order chi connectivity index (χ1) is 15.9. The summed E-state index contributed by atoms with van der Waals surface area (Å²) in [6, 6.07) is 14.5. The van der Waals surface area contributed by atoms with Gasteiger partial charge in [-0.2, -0.15) is 0 Å². The van der Waals surface area contributed by atoms with E-state index in [1.165, 1.54) is 43.5 Å². The molecule has 180 valence electrons. The molecule has 34 heavy (non-hydrogen) atoms. The van der Waals surface area contributed by atoms with E-state index in [1.807, 2.05) is 13.8 Å². The summed E-state index contributed by atoms with van der Waals surface area (Å²) in [5.41, 5.74) is 2.61. The summed E-state index contributed by atoms with van der Waals surface area (Å²) in [6.07, 6.45) is 2.51. The van der Waals surface area contributed by atoms with Crippen molar-refractivity contribution in [2.24, 2.45) is 0 Å². The third kappa shape index (κ3) is 5.91. The molecule has 3 rings (SSSR count). The lowest BCUT2D eigenvalue weighted by atomic mass is 10.1. The second-order valence-corrected chi connectivity index (χ2v) is 11.4. The van der Waals surface area contributed by atoms with E-state index < -0.39 is 32.0 Å². The number of aryl methyl sites for hydroxylation is 2. The van der Waals surface area contributed by atoms with E-state index in [2.05, 4.69) is 15.0 Å². The molecule has 0 aliphatic rings. The Morgan fingerprint density at radius 1 is 0.941 bits per heavy atom. The normalized spacial score (nSPS) is 12.6. The maximum atomic E-state index is 12.9. The zero-order valence-corrected chi connectivity index (χ0v) is 20.8. The molecule has 2 N–H and O–H groups in total. The minimum absolute atomic E-state index is 0.0166. The van der Waals surface area contributed by atoms with Gasteiger partial charge in [-0.05, 0) is 80.4 Å². The lowest BCUT2D eigenvalue weighted by Gasteiger charge is -2.28. The van der Waals surface area contributed by atoms with Gasteiger partial charge in [-0.1, -0.05) is 12.1 Å². The van der Waals surface area contributed by atoms with Gasteiger partial charge in [-0.3, -0.25) is 13.8 Å². The Bertz CT molecular complexity index is 1390. The molecule has 0 radical (unpaired) electrons. The zero-order chi connectivity index (χ0) is 25.1. The highest BCUT2D eigenvalue weighted by atomic mass is 32.2. The fourth-order valence-corrected chi connectivity index (χ4v) is 5.43. The highest BCUT2D eigenvalue weighted by Crippen LogP contribution is 2.25. The zero-order valence-electron chi connectivity index (χ0n) is 19.2. The monoisotopic (exact) mass is 502 g/mol. The fraction of sp³-hybridized carbons (Fsp3) is 0.217. The van der Waals surface area contributed by atoms with Gasteiger partial charge in [0.15, 0.2) is 0 Å². The molecule has 0 aliphatic heterocycles. The smallest absolute Gasteiger partial charge is 0.263 e. The molecule has 0 bridgehead atoms. The molecule has 0 saturated carbocycles. The van der Waals surface area contributed by atoms with E-state index in [0.717, 1.165) is 21.7 Å². The summed E-state index contributed by atoms with van der Waals surface area (Å²) < 4.78 is 53.5. The van der Waals surface area contributed by atoms with Crippen molar-refractivity contribution in [1.29, 1.82) is 0 Å². The molecule has 0 fully saturated rings. The van der Waals surface area contributed by atoms with E-state index in [4.69, 9.17) is 0 Å². The quantitative estimate of drug-likeness (QED) is 0.487. The first-order valence-corrected chi connectivity index (χ1v) is 13.6. The number of amides is 1. The standard InChI is InChI=1S/C23H26N4O5S2/c1-16-8-11-20(15-17(16)2)27(33(4,29)30)18(3)23(28)25-19-9-12-21(13-10-19)34(31,32)26-22-7-5-6-14-24-22/h5-15,18H,1-4H3,(H,24,26)(H,25,28)/t18-/m0/s1. The van der Waals surface area contributed by atoms with Crippen LogP contribution in [0.25, 0.3) is 0 Å². The second kappa shape index (κ2) is 9.82. The lowest BCUT2D eigenvalue weighted by Crippen LogP contribution is -2.45. The summed E-state index contributed by atoms with van der Waals surface area (Å²) in [5, 5.41) is 2.65. The van der Waals surface area contributed by atoms with Crippen LogP contribution in [0.4, 0.5) is 17.2 Å². The van der Waals surface area contributed by atoms with E-state index in [-0.39, 0.29) is 10.7 Å². The number of benzene rings is 2. The average Bonchev–Trinajstić information content (AvgIpc) is 2.76. The summed E-state index contributed by atoms with van der Waals surface area (Å²) in [4.78, 5) is 16.8. The van der Waals surface area contributed by atoms with Crippen LogP contribution in [0.15, 0.2) is 71.8 Å². The number of nitrogens with one attached hydrogen (secondary N) is 2. The van der Waals surface area contributed by atoms with Gasteiger partial charge in [-0.15, -0.1) is 0 Å². The highest BCUT2D eigenvalue weighted by Gasteiger charge is 2.29. The van der Waals surface area contributed by atoms with Gasteiger partial charge in [0.05, 0.1) is 16.8 Å². The van der Waals surface area contributed by atoms with E-state index in [9.17, 15) is 21.6 Å². The Kier molecular flexibility index (Phi) is 7.27. The van der Waals surface area contributed by atoms with Crippen molar-refractivity contribution in [1.82, 2.24) is 4.98 Å². The first kappa shape index (κ1) is 25.2. The second-order valence-electron chi connectivity index (χ2n) is 7.84. The van der Waals surface area contributed by atoms with E-state index >= 15 is 0 Å². The van der Waals surface area contributed by atoms with Gasteiger partial charge in [0.1, 0.15) is 11.9 Å². The average molecular weight is 503 g/mol. The van der Waals surface area contributed by atoms with Crippen LogP contribution in [0.5, 0.6) is 0 Å². The number of anilines is 3. The van der Waals surface area contributed by atoms with Crippen LogP contribution in [-0.2, 0) is 24.8 Å². The van der Waals surface area contributed by atoms with Crippen molar-refractivity contribution < 1.29 is 21.6 Å². The van der Waals surface area contributed by atoms with Crippen LogP contribution in [0.2, 0.25) is 0 Å². The van der Waals surface area contributed by atoms with Crippen LogP contribution in [0, 0.1) is 13.8 Å². The van der Waals surface area contributed by atoms with E-state index in [1.54, 1.807) is 30.3 Å². The largest absolute Gasteiger partial charge is 0.324 e. The molecule has 1 aromatic heterocycles. The molecule has 0 spiro atoms. The van der Waals surface area contributed by atoms with Crippen LogP contribution in [-0.4, -0.2) is 40.0 Å². The summed E-state index contributed by atoms with van der Waals surface area (Å²) in [7, 11) is -7.63. The summed E-state index contributed by atoms with van der Waals surface area (Å²) >= 11 is 0. The molecule has 1 amide bonds. The molecule has 11 heteroatoms. The number of nitrogens with zero attached hydrogens (tertiary/aromatic N) is 2. The predicted molar refractivity (Wildman–Crippen MR) is 133 cm³/mol. The Hall–Kier alpha value is -3.44. The predicted octanol–water partition coefficient (Wildman–Crippen LogP) is 3.29. The SMILES string of the molecule is Cc1ccc(N([C@@H](C)C(=O)Nc2ccc(S(=O)(=O)Nc3ccccn3)cc2)S(C)(=O)=O)cc1C. The molecule has 1 atom stereocenters. The molecule has 9 nitrogen and oxygen atoms in total. The molecular weight excluding hydrogens is 476 g/mol. The van der Waals surface area contributed by atoms with Crippen molar-refractivity contribution in [3.63, 3.8) is 0 Å². The van der Waals surface area contributed by atoms with Crippen molar-refractivity contribution in [3.8, 4) is 0 Å². The number of hydrogen-bond acceptors (Lipinski definition) is 6. The Balaban J connectivity index is 1.78. The van der Waals surface area contributed by atoms with Crippen LogP contribution < -0.4 is 14.3 Å². The van der Waals surface area contributed by atoms with Gasteiger partial charge in [0.25, 0.3) is 10.0 Å². The van der Waals surface area contributed by atoms with E-state index in [0.29, 0.717) is 11.4 Å². The van der Waals surface area contributed by atoms with Crippen LogP contribution in [0.1, 0.15) is 18.1 Å². The molecule has 0 unspecified atom stereocenters. The minimum atomic E-state index is -3.86. The highest BCUT2D eigenvalue weighted by molar-refractivity contribution is 7.92. The first-order valence-electron chi connectivity index (χ1n) is 10.3. The molecule has 3 aromatic rings. The molecule has 0 saturated heterocycles. The lowest BCUT2D eigenvalue weighted by molar-refractivity contribution is -0.116. The molecule has 2 aromatic carbocycles. The number of aromatic nitrogens is 1. The fourth-order valence-electron chi connectivity index (χ4n) is 3.26. The Morgan fingerprint density at radius 2 is 1.62 bits per heavy atom. The van der Waals surface area contributed by atoms with Crippen molar-refractivity contribution in [2.75, 3.05) is 20.6 Å². The van der Waals surface area contributed by atoms with Gasteiger partial charge >= 0.3 is 0 Å². The molecular formula is C23H26N4O5S2. The van der Waals surface area contributed by atoms with Gasteiger partial charge in [0.2, 0.25) is 15.9 Å². The van der Waals surface area contributed by atoms with Crippen molar-refractivity contribution in [2.45, 2.75) is 31.7 Å². The van der Waals surface area contributed by atoms with Gasteiger partial charge < -0.3 is 5.32 Å². The number of carbonyl (C=O) groups excluding carboxylic acids is 1. The number of pyridine rings is 1. The number of sulfonamides is 2. The van der Waals surface area contributed by atoms with Crippen molar-refractivity contribution in [3.05, 3.63) is 78.0 Å². The van der Waals surface area contributed by atoms with Crippen LogP contribution in [0.3, 0.4) is 0 Å². The summed E-state index contributed by atoms with van der Waals surface area (Å²) in [6.45, 7) is 5.26. The molecule has 1 heterocycles. The summed E-state index contributed by atoms with van der Waals surface area (Å²) in [5.74, 6) is -0.383. The number of carbonyl (C=O) groups is 1. The topological polar surface area (TPSA) is 126 Å². The van der Waals surface area contributed by atoms with Gasteiger partial charge in [0, 0.05) is 11.9 Å². The molecule has 0 aliphatic carbocycles. The number of rotatable bonds is 8. The Labute approximate surface area is 199 Å². The number of hydrogen-bond donors (Lipinski definition) is 2. The van der Waals surface area contributed by atoms with Crippen molar-refractivity contribution >= 4 is 43.1 Å². The third-order valence-corrected chi connectivity index (χ3v) is 7.78. The maximum Gasteiger partial charge on any atom is 0.263 e.